The van der Waals surface area contributed by atoms with Gasteiger partial charge in [0.1, 0.15) is 17.0 Å². The molecule has 0 unspecified atom stereocenters. The van der Waals surface area contributed by atoms with Gasteiger partial charge in [-0.25, -0.2) is 9.97 Å². The molecule has 2 heterocycles. The van der Waals surface area contributed by atoms with Gasteiger partial charge in [0.25, 0.3) is 0 Å². The van der Waals surface area contributed by atoms with E-state index in [1.807, 2.05) is 36.4 Å². The SMILES string of the molecule is C=CCN(CC=C)c1ncnc2scc(-c3ccc(Cl)cc3)c12. The smallest absolute Gasteiger partial charge is 0.141 e. The molecule has 3 nitrogen and oxygen atoms in total. The summed E-state index contributed by atoms with van der Waals surface area (Å²) in [4.78, 5) is 12.0. The monoisotopic (exact) mass is 341 g/mol. The normalized spacial score (nSPS) is 10.7. The molecule has 2 aromatic heterocycles. The van der Waals surface area contributed by atoms with Gasteiger partial charge in [0.05, 0.1) is 5.39 Å². The van der Waals surface area contributed by atoms with Crippen LogP contribution in [-0.4, -0.2) is 23.1 Å². The minimum atomic E-state index is 0.702. The van der Waals surface area contributed by atoms with Gasteiger partial charge >= 0.3 is 0 Å². The van der Waals surface area contributed by atoms with Gasteiger partial charge in [0.2, 0.25) is 0 Å². The van der Waals surface area contributed by atoms with E-state index in [9.17, 15) is 0 Å². The van der Waals surface area contributed by atoms with E-state index in [0.717, 1.165) is 32.2 Å². The van der Waals surface area contributed by atoms with Gasteiger partial charge in [0.15, 0.2) is 0 Å². The van der Waals surface area contributed by atoms with Gasteiger partial charge in [-0.05, 0) is 17.7 Å². The zero-order valence-corrected chi connectivity index (χ0v) is 14.1. The van der Waals surface area contributed by atoms with Gasteiger partial charge < -0.3 is 4.90 Å². The first-order chi connectivity index (χ1) is 11.2. The molecule has 1 aromatic carbocycles. The number of aromatic nitrogens is 2. The third-order valence-corrected chi connectivity index (χ3v) is 4.64. The van der Waals surface area contributed by atoms with Crippen LogP contribution in [0.2, 0.25) is 5.02 Å². The molecule has 0 aliphatic carbocycles. The van der Waals surface area contributed by atoms with Crippen molar-refractivity contribution >= 4 is 39.0 Å². The molecule has 0 saturated heterocycles. The molecule has 0 fully saturated rings. The van der Waals surface area contributed by atoms with Crippen LogP contribution in [0, 0.1) is 0 Å². The Kier molecular flexibility index (Phi) is 4.74. The second-order valence-electron chi connectivity index (χ2n) is 5.02. The van der Waals surface area contributed by atoms with Crippen molar-refractivity contribution < 1.29 is 0 Å². The number of fused-ring (bicyclic) bond motifs is 1. The summed E-state index contributed by atoms with van der Waals surface area (Å²) in [5.74, 6) is 0.904. The number of rotatable bonds is 6. The average molecular weight is 342 g/mol. The zero-order chi connectivity index (χ0) is 16.2. The summed E-state index contributed by atoms with van der Waals surface area (Å²) in [6.07, 6.45) is 5.34. The van der Waals surface area contributed by atoms with Crippen LogP contribution in [-0.2, 0) is 0 Å². The third-order valence-electron chi connectivity index (χ3n) is 3.50. The summed E-state index contributed by atoms with van der Waals surface area (Å²) in [5.41, 5.74) is 2.23. The van der Waals surface area contributed by atoms with Crippen LogP contribution in [0.5, 0.6) is 0 Å². The van der Waals surface area contributed by atoms with Crippen molar-refractivity contribution in [3.05, 3.63) is 66.3 Å². The summed E-state index contributed by atoms with van der Waals surface area (Å²) < 4.78 is 0. The van der Waals surface area contributed by atoms with E-state index in [4.69, 9.17) is 11.6 Å². The minimum Gasteiger partial charge on any atom is -0.349 e. The Morgan fingerprint density at radius 1 is 1.09 bits per heavy atom. The summed E-state index contributed by atoms with van der Waals surface area (Å²) >= 11 is 7.62. The van der Waals surface area contributed by atoms with E-state index in [1.54, 1.807) is 17.7 Å². The lowest BCUT2D eigenvalue weighted by atomic mass is 10.1. The van der Waals surface area contributed by atoms with Crippen LogP contribution >= 0.6 is 22.9 Å². The Morgan fingerprint density at radius 3 is 2.43 bits per heavy atom. The van der Waals surface area contributed by atoms with Crippen molar-refractivity contribution in [1.29, 1.82) is 0 Å². The lowest BCUT2D eigenvalue weighted by molar-refractivity contribution is 0.929. The second-order valence-corrected chi connectivity index (χ2v) is 6.31. The molecule has 116 valence electrons. The van der Waals surface area contributed by atoms with E-state index in [0.29, 0.717) is 13.1 Å². The maximum absolute atomic E-state index is 6.00. The first-order valence-electron chi connectivity index (χ1n) is 7.19. The van der Waals surface area contributed by atoms with E-state index >= 15 is 0 Å². The van der Waals surface area contributed by atoms with E-state index in [2.05, 4.69) is 33.4 Å². The molecule has 0 amide bonds. The number of anilines is 1. The van der Waals surface area contributed by atoms with Gasteiger partial charge in [-0.15, -0.1) is 24.5 Å². The Labute approximate surface area is 144 Å². The molecule has 0 atom stereocenters. The number of halogens is 1. The number of hydrogen-bond donors (Lipinski definition) is 0. The Balaban J connectivity index is 2.18. The standard InChI is InChI=1S/C18H16ClN3S/c1-3-9-22(10-4-2)17-16-15(11-23-18(16)21-12-20-17)13-5-7-14(19)8-6-13/h3-8,11-12H,1-2,9-10H2. The Morgan fingerprint density at radius 2 is 1.78 bits per heavy atom. The molecule has 3 rings (SSSR count). The highest BCUT2D eigenvalue weighted by Gasteiger charge is 2.16. The quantitative estimate of drug-likeness (QED) is 0.578. The molecular weight excluding hydrogens is 326 g/mol. The fourth-order valence-corrected chi connectivity index (χ4v) is 3.54. The van der Waals surface area contributed by atoms with Crippen LogP contribution in [0.1, 0.15) is 0 Å². The predicted molar refractivity (Wildman–Crippen MR) is 100 cm³/mol. The maximum atomic E-state index is 6.00. The predicted octanol–water partition coefficient (Wildman–Crippen LogP) is 5.19. The fourth-order valence-electron chi connectivity index (χ4n) is 2.50. The lowest BCUT2D eigenvalue weighted by Gasteiger charge is -2.21. The van der Waals surface area contributed by atoms with Crippen LogP contribution in [0.4, 0.5) is 5.82 Å². The molecule has 0 radical (unpaired) electrons. The Hall–Kier alpha value is -2.17. The molecular formula is C18H16ClN3S. The fraction of sp³-hybridized carbons (Fsp3) is 0.111. The van der Waals surface area contributed by atoms with Gasteiger partial charge in [0, 0.05) is 29.1 Å². The lowest BCUT2D eigenvalue weighted by Crippen LogP contribution is -2.24. The van der Waals surface area contributed by atoms with Gasteiger partial charge in [-0.2, -0.15) is 0 Å². The van der Waals surface area contributed by atoms with Crippen LogP contribution in [0.25, 0.3) is 21.3 Å². The summed E-state index contributed by atoms with van der Waals surface area (Å²) in [5, 5.41) is 3.90. The summed E-state index contributed by atoms with van der Waals surface area (Å²) in [6, 6.07) is 7.84. The molecule has 0 saturated carbocycles. The van der Waals surface area contributed by atoms with E-state index in [1.165, 1.54) is 0 Å². The molecule has 0 bridgehead atoms. The highest BCUT2D eigenvalue weighted by atomic mass is 35.5. The van der Waals surface area contributed by atoms with Crippen molar-refractivity contribution in [1.82, 2.24) is 9.97 Å². The minimum absolute atomic E-state index is 0.702. The topological polar surface area (TPSA) is 29.0 Å². The van der Waals surface area contributed by atoms with Crippen molar-refractivity contribution in [3.63, 3.8) is 0 Å². The second kappa shape index (κ2) is 6.94. The Bertz CT molecular complexity index is 829. The van der Waals surface area contributed by atoms with Crippen molar-refractivity contribution in [2.45, 2.75) is 0 Å². The molecule has 0 spiro atoms. The average Bonchev–Trinajstić information content (AvgIpc) is 2.99. The summed E-state index contributed by atoms with van der Waals surface area (Å²) in [7, 11) is 0. The van der Waals surface area contributed by atoms with Crippen molar-refractivity contribution in [2.75, 3.05) is 18.0 Å². The summed E-state index contributed by atoms with van der Waals surface area (Å²) in [6.45, 7) is 9.07. The number of thiophene rings is 1. The van der Waals surface area contributed by atoms with Crippen LogP contribution in [0.3, 0.4) is 0 Å². The first-order valence-corrected chi connectivity index (χ1v) is 8.45. The maximum Gasteiger partial charge on any atom is 0.141 e. The van der Waals surface area contributed by atoms with E-state index < -0.39 is 0 Å². The highest BCUT2D eigenvalue weighted by molar-refractivity contribution is 7.17. The van der Waals surface area contributed by atoms with Crippen LogP contribution in [0.15, 0.2) is 61.3 Å². The van der Waals surface area contributed by atoms with Gasteiger partial charge in [-0.3, -0.25) is 0 Å². The zero-order valence-electron chi connectivity index (χ0n) is 12.6. The largest absolute Gasteiger partial charge is 0.349 e. The molecule has 5 heteroatoms. The molecule has 0 aliphatic rings. The number of hydrogen-bond acceptors (Lipinski definition) is 4. The number of benzene rings is 1. The molecule has 0 aliphatic heterocycles. The molecule has 3 aromatic rings. The third kappa shape index (κ3) is 3.14. The van der Waals surface area contributed by atoms with Crippen molar-refractivity contribution in [2.24, 2.45) is 0 Å². The van der Waals surface area contributed by atoms with Gasteiger partial charge in [-0.1, -0.05) is 35.9 Å². The van der Waals surface area contributed by atoms with E-state index in [-0.39, 0.29) is 0 Å². The first kappa shape index (κ1) is 15.7. The highest BCUT2D eigenvalue weighted by Crippen LogP contribution is 2.38. The van der Waals surface area contributed by atoms with Crippen LogP contribution < -0.4 is 4.90 Å². The van der Waals surface area contributed by atoms with Crippen molar-refractivity contribution in [3.8, 4) is 11.1 Å². The molecule has 0 N–H and O–H groups in total. The number of nitrogens with zero attached hydrogens (tertiary/aromatic N) is 3. The molecule has 23 heavy (non-hydrogen) atoms.